The van der Waals surface area contributed by atoms with E-state index in [0.717, 1.165) is 16.6 Å². The number of imidazole rings is 1. The third-order valence-corrected chi connectivity index (χ3v) is 5.90. The fourth-order valence-electron chi connectivity index (χ4n) is 3.31. The van der Waals surface area contributed by atoms with Gasteiger partial charge in [0.25, 0.3) is 5.91 Å². The number of hydrogen-bond acceptors (Lipinski definition) is 5. The smallest absolute Gasteiger partial charge is 0.296 e. The lowest BCUT2D eigenvalue weighted by Gasteiger charge is -2.13. The van der Waals surface area contributed by atoms with E-state index < -0.39 is 17.6 Å². The summed E-state index contributed by atoms with van der Waals surface area (Å²) in [4.78, 5) is 22.7. The van der Waals surface area contributed by atoms with Gasteiger partial charge in [-0.15, -0.1) is 11.3 Å². The van der Waals surface area contributed by atoms with Crippen molar-refractivity contribution in [2.75, 3.05) is 5.32 Å². The summed E-state index contributed by atoms with van der Waals surface area (Å²) in [5, 5.41) is 7.54. The molecule has 0 aliphatic carbocycles. The Hall–Kier alpha value is -3.27. The highest BCUT2D eigenvalue weighted by atomic mass is 32.1. The van der Waals surface area contributed by atoms with Gasteiger partial charge in [0.15, 0.2) is 16.5 Å². The molecule has 0 aliphatic rings. The molecule has 0 saturated carbocycles. The number of carbonyl (C=O) groups excluding carboxylic acids is 1. The van der Waals surface area contributed by atoms with Crippen LogP contribution < -0.4 is 5.32 Å². The molecule has 0 fully saturated rings. The molecule has 4 rings (SSSR count). The van der Waals surface area contributed by atoms with Crippen LogP contribution in [0.15, 0.2) is 30.3 Å². The minimum Gasteiger partial charge on any atom is -0.296 e. The topological polar surface area (TPSA) is 72.2 Å². The number of hydrogen-bond donors (Lipinski definition) is 1. The Morgan fingerprint density at radius 2 is 1.77 bits per heavy atom. The summed E-state index contributed by atoms with van der Waals surface area (Å²) in [5.74, 6) is -0.480. The summed E-state index contributed by atoms with van der Waals surface area (Å²) >= 11 is 1.34. The zero-order valence-corrected chi connectivity index (χ0v) is 17.9. The summed E-state index contributed by atoms with van der Waals surface area (Å²) in [6.07, 6.45) is -4.53. The molecule has 0 aliphatic heterocycles. The number of nitrogens with zero attached hydrogens (tertiary/aromatic N) is 4. The van der Waals surface area contributed by atoms with Crippen molar-refractivity contribution in [3.05, 3.63) is 63.4 Å². The van der Waals surface area contributed by atoms with Crippen molar-refractivity contribution >= 4 is 28.0 Å². The number of halogens is 3. The van der Waals surface area contributed by atoms with Crippen molar-refractivity contribution in [1.82, 2.24) is 19.6 Å². The molecule has 0 bridgehead atoms. The molecule has 0 saturated heterocycles. The second kappa shape index (κ2) is 7.45. The number of benzene rings is 1. The molecule has 3 heterocycles. The Morgan fingerprint density at radius 3 is 2.42 bits per heavy atom. The highest BCUT2D eigenvalue weighted by Crippen LogP contribution is 2.36. The van der Waals surface area contributed by atoms with E-state index in [-0.39, 0.29) is 17.0 Å². The number of carbonyl (C=O) groups is 1. The highest BCUT2D eigenvalue weighted by Gasteiger charge is 2.34. The zero-order chi connectivity index (χ0) is 22.5. The summed E-state index contributed by atoms with van der Waals surface area (Å²) in [5.41, 5.74) is 1.63. The maximum atomic E-state index is 13.5. The van der Waals surface area contributed by atoms with Crippen LogP contribution in [0.4, 0.5) is 18.3 Å². The lowest BCUT2D eigenvalue weighted by Crippen LogP contribution is -2.17. The molecular weight excluding hydrogens is 427 g/mol. The number of nitrogens with one attached hydrogen (secondary N) is 1. The van der Waals surface area contributed by atoms with Crippen molar-refractivity contribution in [3.8, 4) is 11.3 Å². The number of fused-ring (bicyclic) bond motifs is 1. The van der Waals surface area contributed by atoms with Crippen molar-refractivity contribution in [3.63, 3.8) is 0 Å². The number of alkyl halides is 3. The van der Waals surface area contributed by atoms with Gasteiger partial charge in [0.2, 0.25) is 0 Å². The van der Waals surface area contributed by atoms with Gasteiger partial charge in [-0.1, -0.05) is 18.2 Å². The van der Waals surface area contributed by atoms with Crippen LogP contribution in [-0.2, 0) is 6.18 Å². The van der Waals surface area contributed by atoms with Crippen molar-refractivity contribution < 1.29 is 18.0 Å². The first-order chi connectivity index (χ1) is 14.6. The predicted octanol–water partition coefficient (Wildman–Crippen LogP) is 5.36. The number of anilines is 1. The van der Waals surface area contributed by atoms with E-state index >= 15 is 0 Å². The number of aromatic nitrogens is 4. The lowest BCUT2D eigenvalue weighted by atomic mass is 10.0. The normalized spacial score (nSPS) is 11.8. The molecule has 1 N–H and O–H groups in total. The summed E-state index contributed by atoms with van der Waals surface area (Å²) < 4.78 is 41.9. The monoisotopic (exact) mass is 445 g/mol. The Bertz CT molecular complexity index is 1300. The van der Waals surface area contributed by atoms with Crippen LogP contribution in [0.2, 0.25) is 0 Å². The second-order valence-corrected chi connectivity index (χ2v) is 8.36. The third kappa shape index (κ3) is 3.78. The first-order valence-electron chi connectivity index (χ1n) is 9.35. The Labute approximate surface area is 179 Å². The molecule has 0 radical (unpaired) electrons. The fourth-order valence-corrected chi connectivity index (χ4v) is 4.12. The van der Waals surface area contributed by atoms with Crippen molar-refractivity contribution in [2.45, 2.75) is 33.9 Å². The third-order valence-electron chi connectivity index (χ3n) is 4.91. The van der Waals surface area contributed by atoms with E-state index in [1.807, 2.05) is 13.8 Å². The first-order valence-corrected chi connectivity index (χ1v) is 10.2. The van der Waals surface area contributed by atoms with E-state index in [1.54, 1.807) is 19.9 Å². The van der Waals surface area contributed by atoms with Crippen LogP contribution in [0.25, 0.3) is 16.9 Å². The maximum Gasteiger partial charge on any atom is 0.417 e. The van der Waals surface area contributed by atoms with Crippen LogP contribution in [0, 0.1) is 27.7 Å². The van der Waals surface area contributed by atoms with Gasteiger partial charge in [0.1, 0.15) is 0 Å². The van der Waals surface area contributed by atoms with Crippen LogP contribution in [-0.4, -0.2) is 25.5 Å². The van der Waals surface area contributed by atoms with Crippen LogP contribution >= 0.6 is 11.3 Å². The Balaban J connectivity index is 1.85. The van der Waals surface area contributed by atoms with Gasteiger partial charge in [0.05, 0.1) is 22.6 Å². The Morgan fingerprint density at radius 1 is 1.06 bits per heavy atom. The molecule has 0 atom stereocenters. The van der Waals surface area contributed by atoms with E-state index in [1.165, 1.54) is 34.1 Å². The molecule has 1 aromatic carbocycles. The molecule has 10 heteroatoms. The number of amides is 1. The number of aryl methyl sites for hydroxylation is 4. The SMILES string of the molecule is Cc1nc(NC(=O)c2c(C)nc3c(C)cc(-c4ccccc4C(F)(F)F)nn23)sc1C. The first kappa shape index (κ1) is 21.0. The molecule has 0 unspecified atom stereocenters. The van der Waals surface area contributed by atoms with Gasteiger partial charge in [-0.05, 0) is 45.4 Å². The van der Waals surface area contributed by atoms with Crippen LogP contribution in [0.5, 0.6) is 0 Å². The van der Waals surface area contributed by atoms with Gasteiger partial charge in [0, 0.05) is 10.4 Å². The van der Waals surface area contributed by atoms with Gasteiger partial charge in [-0.25, -0.2) is 14.5 Å². The number of rotatable bonds is 3. The minimum absolute atomic E-state index is 0.0658. The van der Waals surface area contributed by atoms with Crippen molar-refractivity contribution in [2.24, 2.45) is 0 Å². The standard InChI is InChI=1S/C21H18F3N5OS/c1-10-9-16(14-7-5-6-8-15(14)21(22,23)24)28-29-17(12(3)25-18(10)29)19(30)27-20-26-11(2)13(4)31-20/h5-9H,1-4H3,(H,26,27,30). The largest absolute Gasteiger partial charge is 0.417 e. The van der Waals surface area contributed by atoms with E-state index in [9.17, 15) is 18.0 Å². The average Bonchev–Trinajstić information content (AvgIpc) is 3.19. The minimum atomic E-state index is -4.53. The molecule has 0 spiro atoms. The molecule has 6 nitrogen and oxygen atoms in total. The summed E-state index contributed by atoms with van der Waals surface area (Å²) in [7, 11) is 0. The van der Waals surface area contributed by atoms with Crippen molar-refractivity contribution in [1.29, 1.82) is 0 Å². The lowest BCUT2D eigenvalue weighted by molar-refractivity contribution is -0.137. The zero-order valence-electron chi connectivity index (χ0n) is 17.1. The van der Waals surface area contributed by atoms with Crippen LogP contribution in [0.1, 0.15) is 37.9 Å². The molecular formula is C21H18F3N5OS. The van der Waals surface area contributed by atoms with E-state index in [2.05, 4.69) is 20.4 Å². The summed E-state index contributed by atoms with van der Waals surface area (Å²) in [6, 6.07) is 6.76. The van der Waals surface area contributed by atoms with E-state index in [0.29, 0.717) is 22.0 Å². The molecule has 4 aromatic rings. The fraction of sp³-hybridized carbons (Fsp3) is 0.238. The quantitative estimate of drug-likeness (QED) is 0.461. The van der Waals surface area contributed by atoms with E-state index in [4.69, 9.17) is 0 Å². The average molecular weight is 445 g/mol. The highest BCUT2D eigenvalue weighted by molar-refractivity contribution is 7.15. The van der Waals surface area contributed by atoms with Gasteiger partial charge in [-0.3, -0.25) is 10.1 Å². The van der Waals surface area contributed by atoms with Gasteiger partial charge >= 0.3 is 6.18 Å². The van der Waals surface area contributed by atoms with Gasteiger partial charge in [-0.2, -0.15) is 18.3 Å². The maximum absolute atomic E-state index is 13.5. The Kier molecular flexibility index (Phi) is 5.04. The molecule has 31 heavy (non-hydrogen) atoms. The summed E-state index contributed by atoms with van der Waals surface area (Å²) in [6.45, 7) is 7.12. The molecule has 1 amide bonds. The van der Waals surface area contributed by atoms with Gasteiger partial charge < -0.3 is 0 Å². The predicted molar refractivity (Wildman–Crippen MR) is 112 cm³/mol. The molecule has 3 aromatic heterocycles. The molecule has 160 valence electrons. The number of thiazole rings is 1. The second-order valence-electron chi connectivity index (χ2n) is 7.15. The van der Waals surface area contributed by atoms with Crippen LogP contribution in [0.3, 0.4) is 0 Å².